The lowest BCUT2D eigenvalue weighted by atomic mass is 10.2. The highest BCUT2D eigenvalue weighted by Gasteiger charge is 2.03. The third-order valence-corrected chi connectivity index (χ3v) is 3.00. The van der Waals surface area contributed by atoms with Gasteiger partial charge in [-0.25, -0.2) is 0 Å². The van der Waals surface area contributed by atoms with Crippen LogP contribution in [0.4, 0.5) is 11.4 Å². The Kier molecular flexibility index (Phi) is 3.85. The van der Waals surface area contributed by atoms with E-state index < -0.39 is 0 Å². The number of carbonyl (C=O) groups excluding carboxylic acids is 1. The lowest BCUT2D eigenvalue weighted by Gasteiger charge is -2.08. The lowest BCUT2D eigenvalue weighted by molar-refractivity contribution is -0.114. The summed E-state index contributed by atoms with van der Waals surface area (Å²) in [5, 5.41) is 10.3. The number of aryl methyl sites for hydroxylation is 1. The van der Waals surface area contributed by atoms with Gasteiger partial charge in [-0.3, -0.25) is 9.48 Å². The van der Waals surface area contributed by atoms with Gasteiger partial charge in [-0.2, -0.15) is 5.10 Å². The van der Waals surface area contributed by atoms with Gasteiger partial charge in [0.1, 0.15) is 0 Å². The number of carbonyl (C=O) groups is 1. The number of benzene rings is 1. The van der Waals surface area contributed by atoms with Crippen molar-refractivity contribution < 1.29 is 4.79 Å². The van der Waals surface area contributed by atoms with Gasteiger partial charge in [-0.05, 0) is 25.1 Å². The summed E-state index contributed by atoms with van der Waals surface area (Å²) in [6.45, 7) is 4.25. The molecular formula is C14H18N4O. The van der Waals surface area contributed by atoms with Gasteiger partial charge < -0.3 is 10.6 Å². The van der Waals surface area contributed by atoms with Crippen LogP contribution >= 0.6 is 0 Å². The number of hydrogen-bond acceptors (Lipinski definition) is 3. The maximum Gasteiger partial charge on any atom is 0.221 e. The molecule has 100 valence electrons. The maximum atomic E-state index is 11.0. The molecule has 5 heteroatoms. The van der Waals surface area contributed by atoms with Gasteiger partial charge >= 0.3 is 0 Å². The number of nitrogens with zero attached hydrogens (tertiary/aromatic N) is 2. The van der Waals surface area contributed by atoms with Crippen LogP contribution in [-0.2, 0) is 18.4 Å². The van der Waals surface area contributed by atoms with Crippen LogP contribution in [0.1, 0.15) is 18.2 Å². The third kappa shape index (κ3) is 3.34. The normalized spacial score (nSPS) is 10.3. The van der Waals surface area contributed by atoms with Gasteiger partial charge in [0, 0.05) is 43.1 Å². The first-order chi connectivity index (χ1) is 9.06. The second-order valence-corrected chi connectivity index (χ2v) is 4.49. The van der Waals surface area contributed by atoms with Gasteiger partial charge in [0.25, 0.3) is 0 Å². The minimum absolute atomic E-state index is 0.0692. The van der Waals surface area contributed by atoms with E-state index in [1.54, 1.807) is 0 Å². The lowest BCUT2D eigenvalue weighted by Crippen LogP contribution is -2.06. The van der Waals surface area contributed by atoms with Crippen molar-refractivity contribution >= 4 is 17.3 Å². The number of amides is 1. The molecule has 1 heterocycles. The largest absolute Gasteiger partial charge is 0.381 e. The molecule has 1 aromatic carbocycles. The molecule has 2 rings (SSSR count). The molecule has 0 saturated heterocycles. The molecule has 0 saturated carbocycles. The van der Waals surface area contributed by atoms with Crippen LogP contribution in [0.15, 0.2) is 30.5 Å². The molecule has 0 spiro atoms. The Hall–Kier alpha value is -2.30. The molecule has 5 nitrogen and oxygen atoms in total. The minimum Gasteiger partial charge on any atom is -0.381 e. The fourth-order valence-electron chi connectivity index (χ4n) is 1.83. The zero-order chi connectivity index (χ0) is 13.8. The van der Waals surface area contributed by atoms with Gasteiger partial charge in [-0.1, -0.05) is 6.07 Å². The summed E-state index contributed by atoms with van der Waals surface area (Å²) in [4.78, 5) is 11.0. The molecule has 0 fully saturated rings. The molecule has 1 amide bonds. The number of nitrogens with one attached hydrogen (secondary N) is 2. The van der Waals surface area contributed by atoms with E-state index in [0.29, 0.717) is 6.54 Å². The van der Waals surface area contributed by atoms with E-state index in [1.807, 2.05) is 49.1 Å². The Morgan fingerprint density at radius 1 is 1.37 bits per heavy atom. The molecule has 0 aliphatic rings. The van der Waals surface area contributed by atoms with E-state index in [0.717, 1.165) is 22.6 Å². The fraction of sp³-hybridized carbons (Fsp3) is 0.286. The molecule has 0 aliphatic carbocycles. The maximum absolute atomic E-state index is 11.0. The Morgan fingerprint density at radius 2 is 2.11 bits per heavy atom. The van der Waals surface area contributed by atoms with Gasteiger partial charge in [0.15, 0.2) is 0 Å². The Balaban J connectivity index is 2.03. The Labute approximate surface area is 112 Å². The van der Waals surface area contributed by atoms with Crippen LogP contribution in [-0.4, -0.2) is 15.7 Å². The summed E-state index contributed by atoms with van der Waals surface area (Å²) in [5.74, 6) is -0.0692. The highest BCUT2D eigenvalue weighted by Crippen LogP contribution is 2.16. The minimum atomic E-state index is -0.0692. The fourth-order valence-corrected chi connectivity index (χ4v) is 1.83. The van der Waals surface area contributed by atoms with E-state index >= 15 is 0 Å². The molecule has 2 N–H and O–H groups in total. The van der Waals surface area contributed by atoms with Crippen molar-refractivity contribution in [3.05, 3.63) is 41.7 Å². The summed E-state index contributed by atoms with van der Waals surface area (Å²) in [7, 11) is 1.93. The van der Waals surface area contributed by atoms with E-state index in [2.05, 4.69) is 15.7 Å². The van der Waals surface area contributed by atoms with Gasteiger partial charge in [0.2, 0.25) is 5.91 Å². The van der Waals surface area contributed by atoms with Crippen molar-refractivity contribution in [2.45, 2.75) is 20.4 Å². The molecule has 0 radical (unpaired) electrons. The second-order valence-electron chi connectivity index (χ2n) is 4.49. The second kappa shape index (κ2) is 5.56. The van der Waals surface area contributed by atoms with E-state index in [4.69, 9.17) is 0 Å². The van der Waals surface area contributed by atoms with Crippen LogP contribution < -0.4 is 10.6 Å². The van der Waals surface area contributed by atoms with Crippen molar-refractivity contribution in [3.63, 3.8) is 0 Å². The van der Waals surface area contributed by atoms with Crippen LogP contribution in [0.25, 0.3) is 0 Å². The molecule has 0 atom stereocenters. The standard InChI is InChI=1S/C14H18N4O/c1-10-12(9-16-18(10)3)8-15-13-5-4-6-14(7-13)17-11(2)19/h4-7,9,15H,8H2,1-3H3,(H,17,19). The summed E-state index contributed by atoms with van der Waals surface area (Å²) in [6, 6.07) is 7.65. The predicted octanol–water partition coefficient (Wildman–Crippen LogP) is 2.30. The van der Waals surface area contributed by atoms with E-state index in [9.17, 15) is 4.79 Å². The van der Waals surface area contributed by atoms with Gasteiger partial charge in [-0.15, -0.1) is 0 Å². The van der Waals surface area contributed by atoms with Crippen molar-refractivity contribution in [1.82, 2.24) is 9.78 Å². The van der Waals surface area contributed by atoms with Crippen molar-refractivity contribution in [1.29, 1.82) is 0 Å². The number of rotatable bonds is 4. The van der Waals surface area contributed by atoms with Crippen molar-refractivity contribution in [3.8, 4) is 0 Å². The first-order valence-corrected chi connectivity index (χ1v) is 6.15. The zero-order valence-corrected chi connectivity index (χ0v) is 11.4. The molecular weight excluding hydrogens is 240 g/mol. The average Bonchev–Trinajstić information content (AvgIpc) is 2.67. The SMILES string of the molecule is CC(=O)Nc1cccc(NCc2cnn(C)c2C)c1. The summed E-state index contributed by atoms with van der Waals surface area (Å²) in [5.41, 5.74) is 4.06. The first kappa shape index (κ1) is 13.1. The van der Waals surface area contributed by atoms with Crippen LogP contribution in [0.3, 0.4) is 0 Å². The van der Waals surface area contributed by atoms with Crippen LogP contribution in [0.2, 0.25) is 0 Å². The number of anilines is 2. The van der Waals surface area contributed by atoms with Gasteiger partial charge in [0.05, 0.1) is 6.20 Å². The van der Waals surface area contributed by atoms with Crippen LogP contribution in [0, 0.1) is 6.92 Å². The molecule has 0 unspecified atom stereocenters. The quantitative estimate of drug-likeness (QED) is 0.884. The van der Waals surface area contributed by atoms with E-state index in [-0.39, 0.29) is 5.91 Å². The third-order valence-electron chi connectivity index (χ3n) is 3.00. The van der Waals surface area contributed by atoms with E-state index in [1.165, 1.54) is 6.92 Å². The average molecular weight is 258 g/mol. The smallest absolute Gasteiger partial charge is 0.221 e. The number of aromatic nitrogens is 2. The predicted molar refractivity (Wildman–Crippen MR) is 76.0 cm³/mol. The monoisotopic (exact) mass is 258 g/mol. The molecule has 0 bridgehead atoms. The highest BCUT2D eigenvalue weighted by molar-refractivity contribution is 5.89. The zero-order valence-electron chi connectivity index (χ0n) is 11.4. The van der Waals surface area contributed by atoms with Crippen LogP contribution in [0.5, 0.6) is 0 Å². The molecule has 1 aromatic heterocycles. The molecule has 2 aromatic rings. The summed E-state index contributed by atoms with van der Waals surface area (Å²) < 4.78 is 1.85. The number of hydrogen-bond donors (Lipinski definition) is 2. The topological polar surface area (TPSA) is 59.0 Å². The Bertz CT molecular complexity index is 589. The summed E-state index contributed by atoms with van der Waals surface area (Å²) >= 11 is 0. The van der Waals surface area contributed by atoms with Crippen molar-refractivity contribution in [2.75, 3.05) is 10.6 Å². The van der Waals surface area contributed by atoms with Crippen molar-refractivity contribution in [2.24, 2.45) is 7.05 Å². The Morgan fingerprint density at radius 3 is 2.74 bits per heavy atom. The highest BCUT2D eigenvalue weighted by atomic mass is 16.1. The first-order valence-electron chi connectivity index (χ1n) is 6.15. The molecule has 19 heavy (non-hydrogen) atoms. The molecule has 0 aliphatic heterocycles. The summed E-state index contributed by atoms with van der Waals surface area (Å²) in [6.07, 6.45) is 1.86.